The Bertz CT molecular complexity index is 666. The monoisotopic (exact) mass is 341 g/mol. The van der Waals surface area contributed by atoms with Gasteiger partial charge in [0.1, 0.15) is 5.54 Å². The number of hydrogen-bond acceptors (Lipinski definition) is 4. The van der Waals surface area contributed by atoms with Gasteiger partial charge in [-0.1, -0.05) is 20.3 Å². The number of nitrogens with one attached hydrogen (secondary N) is 1. The summed E-state index contributed by atoms with van der Waals surface area (Å²) in [6, 6.07) is 5.55. The molecule has 1 rings (SSSR count). The van der Waals surface area contributed by atoms with Crippen molar-refractivity contribution in [2.75, 3.05) is 5.75 Å². The van der Waals surface area contributed by atoms with Crippen molar-refractivity contribution in [2.24, 2.45) is 0 Å². The number of amides is 1. The zero-order valence-electron chi connectivity index (χ0n) is 13.6. The number of sulfone groups is 1. The smallest absolute Gasteiger partial charge is 0.329 e. The molecule has 23 heavy (non-hydrogen) atoms. The van der Waals surface area contributed by atoms with Crippen LogP contribution in [0.3, 0.4) is 0 Å². The highest BCUT2D eigenvalue weighted by atomic mass is 32.2. The van der Waals surface area contributed by atoms with E-state index in [1.165, 1.54) is 31.2 Å². The third-order valence-corrected chi connectivity index (χ3v) is 5.63. The van der Waals surface area contributed by atoms with Gasteiger partial charge in [0.15, 0.2) is 9.84 Å². The summed E-state index contributed by atoms with van der Waals surface area (Å²) in [5, 5.41) is 11.6. The summed E-state index contributed by atoms with van der Waals surface area (Å²) in [5.41, 5.74) is -1.14. The summed E-state index contributed by atoms with van der Waals surface area (Å²) in [5.74, 6) is -1.59. The fraction of sp³-hybridized carbons (Fsp3) is 0.500. The normalized spacial score (nSPS) is 14.0. The van der Waals surface area contributed by atoms with Crippen LogP contribution < -0.4 is 5.32 Å². The van der Waals surface area contributed by atoms with Crippen LogP contribution in [0.15, 0.2) is 29.2 Å². The van der Waals surface area contributed by atoms with Gasteiger partial charge in [0.2, 0.25) is 0 Å². The van der Waals surface area contributed by atoms with Crippen LogP contribution in [-0.4, -0.2) is 36.7 Å². The molecule has 0 fully saturated rings. The molecular weight excluding hydrogens is 318 g/mol. The number of aliphatic carboxylic acids is 1. The predicted molar refractivity (Wildman–Crippen MR) is 87.2 cm³/mol. The first kappa shape index (κ1) is 19.2. The number of carbonyl (C=O) groups excluding carboxylic acids is 1. The van der Waals surface area contributed by atoms with Crippen LogP contribution in [0.2, 0.25) is 0 Å². The Hall–Kier alpha value is -1.89. The molecule has 0 saturated carbocycles. The number of carboxylic acids is 1. The first-order valence-electron chi connectivity index (χ1n) is 7.55. The summed E-state index contributed by atoms with van der Waals surface area (Å²) in [6.07, 6.45) is 1.60. The molecule has 1 aromatic carbocycles. The molecule has 6 nitrogen and oxygen atoms in total. The second-order valence-electron chi connectivity index (χ2n) is 5.64. The average Bonchev–Trinajstić information content (AvgIpc) is 2.52. The highest BCUT2D eigenvalue weighted by Gasteiger charge is 2.33. The molecule has 1 aromatic rings. The van der Waals surface area contributed by atoms with Crippen LogP contribution in [0, 0.1) is 0 Å². The number of benzene rings is 1. The second kappa shape index (κ2) is 7.59. The number of hydrogen-bond donors (Lipinski definition) is 2. The van der Waals surface area contributed by atoms with Crippen molar-refractivity contribution in [3.05, 3.63) is 29.8 Å². The minimum atomic E-state index is -3.34. The fourth-order valence-electron chi connectivity index (χ4n) is 1.88. The third-order valence-electron chi connectivity index (χ3n) is 3.81. The lowest BCUT2D eigenvalue weighted by atomic mass is 9.98. The first-order valence-corrected chi connectivity index (χ1v) is 9.20. The van der Waals surface area contributed by atoms with Gasteiger partial charge >= 0.3 is 5.97 Å². The Morgan fingerprint density at radius 2 is 1.74 bits per heavy atom. The molecule has 0 saturated heterocycles. The van der Waals surface area contributed by atoms with Crippen molar-refractivity contribution >= 4 is 21.7 Å². The minimum absolute atomic E-state index is 0.0714. The third kappa shape index (κ3) is 4.79. The van der Waals surface area contributed by atoms with Crippen molar-refractivity contribution in [2.45, 2.75) is 50.5 Å². The summed E-state index contributed by atoms with van der Waals surface area (Å²) in [7, 11) is -3.34. The van der Waals surface area contributed by atoms with Gasteiger partial charge in [-0.2, -0.15) is 0 Å². The van der Waals surface area contributed by atoms with Gasteiger partial charge < -0.3 is 10.4 Å². The molecule has 0 aliphatic rings. The van der Waals surface area contributed by atoms with E-state index in [9.17, 15) is 18.0 Å². The molecule has 1 amide bonds. The van der Waals surface area contributed by atoms with Gasteiger partial charge in [0.25, 0.3) is 5.91 Å². The zero-order chi connectivity index (χ0) is 17.7. The summed E-state index contributed by atoms with van der Waals surface area (Å²) in [6.45, 7) is 5.00. The van der Waals surface area contributed by atoms with E-state index in [0.717, 1.165) is 6.42 Å². The van der Waals surface area contributed by atoms with Crippen molar-refractivity contribution in [3.63, 3.8) is 0 Å². The largest absolute Gasteiger partial charge is 0.480 e. The van der Waals surface area contributed by atoms with Crippen LogP contribution >= 0.6 is 0 Å². The SMILES string of the molecule is CCCCS(=O)(=O)c1ccc(C(=O)NC(C)(CC)C(=O)O)cc1. The zero-order valence-corrected chi connectivity index (χ0v) is 14.4. The van der Waals surface area contributed by atoms with Crippen LogP contribution in [0.4, 0.5) is 0 Å². The Morgan fingerprint density at radius 1 is 1.17 bits per heavy atom. The molecule has 0 aromatic heterocycles. The first-order chi connectivity index (χ1) is 10.7. The van der Waals surface area contributed by atoms with Crippen molar-refractivity contribution < 1.29 is 23.1 Å². The summed E-state index contributed by atoms with van der Waals surface area (Å²) < 4.78 is 24.1. The lowest BCUT2D eigenvalue weighted by molar-refractivity contribution is -0.143. The molecule has 2 N–H and O–H groups in total. The minimum Gasteiger partial charge on any atom is -0.480 e. The highest BCUT2D eigenvalue weighted by Crippen LogP contribution is 2.16. The molecule has 1 atom stereocenters. The lowest BCUT2D eigenvalue weighted by Gasteiger charge is -2.24. The molecule has 0 heterocycles. The average molecular weight is 341 g/mol. The predicted octanol–water partition coefficient (Wildman–Crippen LogP) is 2.24. The topological polar surface area (TPSA) is 101 Å². The molecular formula is C16H23NO5S. The maximum absolute atomic E-state index is 12.1. The van der Waals surface area contributed by atoms with Gasteiger partial charge in [-0.05, 0) is 44.0 Å². The van der Waals surface area contributed by atoms with Crippen molar-refractivity contribution in [1.82, 2.24) is 5.32 Å². The fourth-order valence-corrected chi connectivity index (χ4v) is 3.34. The lowest BCUT2D eigenvalue weighted by Crippen LogP contribution is -2.51. The van der Waals surface area contributed by atoms with E-state index in [4.69, 9.17) is 5.11 Å². The van der Waals surface area contributed by atoms with Crippen LogP contribution in [0.1, 0.15) is 50.4 Å². The maximum Gasteiger partial charge on any atom is 0.329 e. The van der Waals surface area contributed by atoms with Gasteiger partial charge in [0, 0.05) is 5.56 Å². The highest BCUT2D eigenvalue weighted by molar-refractivity contribution is 7.91. The van der Waals surface area contributed by atoms with E-state index in [1.54, 1.807) is 6.92 Å². The summed E-state index contributed by atoms with van der Waals surface area (Å²) >= 11 is 0. The molecule has 1 unspecified atom stereocenters. The molecule has 128 valence electrons. The van der Waals surface area contributed by atoms with Crippen molar-refractivity contribution in [1.29, 1.82) is 0 Å². The van der Waals surface area contributed by atoms with E-state index in [1.807, 2.05) is 6.92 Å². The molecule has 0 radical (unpaired) electrons. The molecule has 0 aliphatic carbocycles. The van der Waals surface area contributed by atoms with Gasteiger partial charge in [-0.15, -0.1) is 0 Å². The van der Waals surface area contributed by atoms with E-state index < -0.39 is 27.3 Å². The van der Waals surface area contributed by atoms with Crippen molar-refractivity contribution in [3.8, 4) is 0 Å². The van der Waals surface area contributed by atoms with Crippen LogP contribution in [-0.2, 0) is 14.6 Å². The Labute approximate surface area is 136 Å². The van der Waals surface area contributed by atoms with E-state index in [0.29, 0.717) is 6.42 Å². The van der Waals surface area contributed by atoms with Crippen LogP contribution in [0.25, 0.3) is 0 Å². The number of unbranched alkanes of at least 4 members (excludes halogenated alkanes) is 1. The molecule has 0 aliphatic heterocycles. The van der Waals surface area contributed by atoms with Gasteiger partial charge in [-0.25, -0.2) is 13.2 Å². The number of carbonyl (C=O) groups is 2. The van der Waals surface area contributed by atoms with E-state index in [-0.39, 0.29) is 22.6 Å². The molecule has 0 spiro atoms. The van der Waals surface area contributed by atoms with Gasteiger partial charge in [-0.3, -0.25) is 4.79 Å². The van der Waals surface area contributed by atoms with E-state index in [2.05, 4.69) is 5.32 Å². The van der Waals surface area contributed by atoms with Gasteiger partial charge in [0.05, 0.1) is 10.6 Å². The summed E-state index contributed by atoms with van der Waals surface area (Å²) in [4.78, 5) is 23.5. The number of carboxylic acid groups (broad SMARTS) is 1. The quantitative estimate of drug-likeness (QED) is 0.755. The number of rotatable bonds is 8. The van der Waals surface area contributed by atoms with Crippen LogP contribution in [0.5, 0.6) is 0 Å². The second-order valence-corrected chi connectivity index (χ2v) is 7.75. The Kier molecular flexibility index (Phi) is 6.32. The Balaban J connectivity index is 2.92. The maximum atomic E-state index is 12.1. The van der Waals surface area contributed by atoms with E-state index >= 15 is 0 Å². The standard InChI is InChI=1S/C16H23NO5S/c1-4-6-11-23(21,22)13-9-7-12(8-10-13)14(18)17-16(3,5-2)15(19)20/h7-10H,4-6,11H2,1-3H3,(H,17,18)(H,19,20). The molecule has 0 bridgehead atoms. The molecule has 7 heteroatoms. The Morgan fingerprint density at radius 3 is 2.17 bits per heavy atom.